The molecule has 0 radical (unpaired) electrons. The van der Waals surface area contributed by atoms with Crippen molar-refractivity contribution in [3.63, 3.8) is 0 Å². The second kappa shape index (κ2) is 7.65. The van der Waals surface area contributed by atoms with Gasteiger partial charge in [0.05, 0.1) is 17.2 Å². The lowest BCUT2D eigenvalue weighted by Gasteiger charge is -2.17. The number of carbonyl (C=O) groups is 1. The lowest BCUT2D eigenvalue weighted by Crippen LogP contribution is -2.30. The van der Waals surface area contributed by atoms with Crippen LogP contribution in [0.5, 0.6) is 0 Å². The Morgan fingerprint density at radius 2 is 2.00 bits per heavy atom. The van der Waals surface area contributed by atoms with Crippen LogP contribution in [0.1, 0.15) is 36.3 Å². The predicted molar refractivity (Wildman–Crippen MR) is 101 cm³/mol. The molecular weight excluding hydrogens is 350 g/mol. The van der Waals surface area contributed by atoms with Crippen LogP contribution in [0.25, 0.3) is 11.5 Å². The molecule has 2 aromatic heterocycles. The van der Waals surface area contributed by atoms with E-state index in [9.17, 15) is 4.79 Å². The number of hydrogen-bond donors (Lipinski definition) is 1. The molecule has 3 aromatic rings. The van der Waals surface area contributed by atoms with Gasteiger partial charge in [0.1, 0.15) is 0 Å². The smallest absolute Gasteiger partial charge is 0.321 e. The van der Waals surface area contributed by atoms with Gasteiger partial charge in [0.15, 0.2) is 5.82 Å². The zero-order valence-electron chi connectivity index (χ0n) is 15.2. The average molecular weight is 371 g/mol. The maximum absolute atomic E-state index is 12.4. The van der Waals surface area contributed by atoms with Gasteiger partial charge < -0.3 is 14.7 Å². The summed E-state index contributed by atoms with van der Waals surface area (Å²) in [5.41, 5.74) is 2.40. The largest absolute Gasteiger partial charge is 0.334 e. The number of rotatable bonds is 5. The number of hydrogen-bond acceptors (Lipinski definition) is 6. The van der Waals surface area contributed by atoms with Crippen LogP contribution >= 0.6 is 11.3 Å². The molecule has 26 heavy (non-hydrogen) atoms. The lowest BCUT2D eigenvalue weighted by molar-refractivity contribution is 0.220. The molecule has 0 saturated heterocycles. The van der Waals surface area contributed by atoms with Gasteiger partial charge in [-0.25, -0.2) is 9.78 Å². The van der Waals surface area contributed by atoms with Crippen molar-refractivity contribution >= 4 is 23.1 Å². The van der Waals surface area contributed by atoms with Crippen LogP contribution in [-0.2, 0) is 6.54 Å². The van der Waals surface area contributed by atoms with Crippen LogP contribution in [0.3, 0.4) is 0 Å². The van der Waals surface area contributed by atoms with Crippen molar-refractivity contribution in [2.75, 3.05) is 12.4 Å². The van der Waals surface area contributed by atoms with E-state index in [1.54, 1.807) is 42.3 Å². The second-order valence-corrected chi connectivity index (χ2v) is 7.23. The summed E-state index contributed by atoms with van der Waals surface area (Å²) < 4.78 is 5.13. The molecule has 7 nitrogen and oxygen atoms in total. The molecule has 1 N–H and O–H groups in total. The number of carbonyl (C=O) groups excluding carboxylic acids is 1. The zero-order chi connectivity index (χ0) is 18.7. The minimum atomic E-state index is -0.189. The highest BCUT2D eigenvalue weighted by molar-refractivity contribution is 7.09. The van der Waals surface area contributed by atoms with E-state index in [-0.39, 0.29) is 6.03 Å². The molecule has 0 aliphatic carbocycles. The second-order valence-electron chi connectivity index (χ2n) is 6.34. The molecule has 0 aliphatic rings. The van der Waals surface area contributed by atoms with E-state index in [0.29, 0.717) is 29.9 Å². The van der Waals surface area contributed by atoms with Gasteiger partial charge in [-0.1, -0.05) is 19.0 Å². The van der Waals surface area contributed by atoms with Crippen LogP contribution in [-0.4, -0.2) is 33.1 Å². The Kier molecular flexibility index (Phi) is 5.32. The average Bonchev–Trinajstić information content (AvgIpc) is 3.25. The first-order valence-electron chi connectivity index (χ1n) is 8.29. The van der Waals surface area contributed by atoms with E-state index < -0.39 is 0 Å². The molecule has 0 aliphatic heterocycles. The maximum atomic E-state index is 12.4. The van der Waals surface area contributed by atoms with Crippen molar-refractivity contribution in [3.05, 3.63) is 46.2 Å². The number of urea groups is 1. The Labute approximate surface area is 156 Å². The van der Waals surface area contributed by atoms with E-state index in [1.807, 2.05) is 17.5 Å². The Hall–Kier alpha value is -2.74. The fourth-order valence-corrected chi connectivity index (χ4v) is 3.13. The number of nitrogens with zero attached hydrogens (tertiary/aromatic N) is 4. The third-order valence-corrected chi connectivity index (χ3v) is 4.91. The predicted octanol–water partition coefficient (Wildman–Crippen LogP) is 4.29. The number of benzene rings is 1. The number of thiazole rings is 1. The molecule has 0 fully saturated rings. The summed E-state index contributed by atoms with van der Waals surface area (Å²) >= 11 is 1.63. The molecule has 136 valence electrons. The highest BCUT2D eigenvalue weighted by atomic mass is 32.1. The van der Waals surface area contributed by atoms with Crippen molar-refractivity contribution in [2.24, 2.45) is 0 Å². The molecule has 0 unspecified atom stereocenters. The van der Waals surface area contributed by atoms with Gasteiger partial charge in [-0.05, 0) is 31.2 Å². The SMILES string of the molecule is Cc1noc(-c2ccc(NC(=O)N(C)Cc3csc(C(C)C)n3)cc2)n1. The first kappa shape index (κ1) is 18.1. The van der Waals surface area contributed by atoms with E-state index >= 15 is 0 Å². The van der Waals surface area contributed by atoms with Gasteiger partial charge in [0.25, 0.3) is 5.89 Å². The van der Waals surface area contributed by atoms with E-state index in [4.69, 9.17) is 4.52 Å². The fourth-order valence-electron chi connectivity index (χ4n) is 2.30. The number of nitrogens with one attached hydrogen (secondary N) is 1. The fraction of sp³-hybridized carbons (Fsp3) is 0.333. The monoisotopic (exact) mass is 371 g/mol. The van der Waals surface area contributed by atoms with E-state index in [0.717, 1.165) is 16.3 Å². The van der Waals surface area contributed by atoms with Crippen LogP contribution in [0, 0.1) is 6.92 Å². The summed E-state index contributed by atoms with van der Waals surface area (Å²) in [4.78, 5) is 22.7. The number of aryl methyl sites for hydroxylation is 1. The van der Waals surface area contributed by atoms with Crippen LogP contribution in [0.2, 0.25) is 0 Å². The molecule has 0 saturated carbocycles. The summed E-state index contributed by atoms with van der Waals surface area (Å²) in [6.45, 7) is 6.45. The van der Waals surface area contributed by atoms with Crippen molar-refractivity contribution in [2.45, 2.75) is 33.2 Å². The molecule has 0 bridgehead atoms. The Morgan fingerprint density at radius 1 is 1.27 bits per heavy atom. The molecule has 8 heteroatoms. The van der Waals surface area contributed by atoms with Gasteiger partial charge in [-0.3, -0.25) is 0 Å². The number of aromatic nitrogens is 3. The summed E-state index contributed by atoms with van der Waals surface area (Å²) in [5, 5.41) is 9.73. The Morgan fingerprint density at radius 3 is 2.58 bits per heavy atom. The standard InChI is InChI=1S/C18H21N5O2S/c1-11(2)17-20-15(10-26-17)9-23(4)18(24)21-14-7-5-13(6-8-14)16-19-12(3)22-25-16/h5-8,10-11H,9H2,1-4H3,(H,21,24). The minimum Gasteiger partial charge on any atom is -0.334 e. The molecule has 2 heterocycles. The van der Waals surface area contributed by atoms with Crippen molar-refractivity contribution in [1.29, 1.82) is 0 Å². The zero-order valence-corrected chi connectivity index (χ0v) is 16.0. The molecule has 3 rings (SSSR count). The van der Waals surface area contributed by atoms with Gasteiger partial charge in [-0.15, -0.1) is 11.3 Å². The molecule has 0 atom stereocenters. The van der Waals surface area contributed by atoms with Crippen LogP contribution < -0.4 is 5.32 Å². The van der Waals surface area contributed by atoms with Crippen molar-refractivity contribution in [1.82, 2.24) is 20.0 Å². The van der Waals surface area contributed by atoms with E-state index in [2.05, 4.69) is 34.3 Å². The molecule has 2 amide bonds. The summed E-state index contributed by atoms with van der Waals surface area (Å²) in [5.74, 6) is 1.44. The molecule has 0 spiro atoms. The summed E-state index contributed by atoms with van der Waals surface area (Å²) in [6, 6.07) is 7.08. The lowest BCUT2D eigenvalue weighted by atomic mass is 10.2. The molecule has 1 aromatic carbocycles. The third kappa shape index (κ3) is 4.26. The first-order valence-corrected chi connectivity index (χ1v) is 9.17. The summed E-state index contributed by atoms with van der Waals surface area (Å²) in [6.07, 6.45) is 0. The van der Waals surface area contributed by atoms with Gasteiger partial charge in [0.2, 0.25) is 0 Å². The summed E-state index contributed by atoms with van der Waals surface area (Å²) in [7, 11) is 1.75. The highest BCUT2D eigenvalue weighted by Crippen LogP contribution is 2.21. The van der Waals surface area contributed by atoms with E-state index in [1.165, 1.54) is 0 Å². The van der Waals surface area contributed by atoms with Crippen LogP contribution in [0.4, 0.5) is 10.5 Å². The first-order chi connectivity index (χ1) is 12.4. The van der Waals surface area contributed by atoms with Gasteiger partial charge in [0, 0.05) is 29.6 Å². The quantitative estimate of drug-likeness (QED) is 0.723. The number of amides is 2. The number of anilines is 1. The maximum Gasteiger partial charge on any atom is 0.321 e. The van der Waals surface area contributed by atoms with Crippen molar-refractivity contribution < 1.29 is 9.32 Å². The molecular formula is C18H21N5O2S. The Balaban J connectivity index is 1.59. The topological polar surface area (TPSA) is 84.2 Å². The van der Waals surface area contributed by atoms with Crippen molar-refractivity contribution in [3.8, 4) is 11.5 Å². The normalized spacial score (nSPS) is 11.0. The van der Waals surface area contributed by atoms with Gasteiger partial charge in [-0.2, -0.15) is 4.98 Å². The van der Waals surface area contributed by atoms with Gasteiger partial charge >= 0.3 is 6.03 Å². The van der Waals surface area contributed by atoms with Crippen LogP contribution in [0.15, 0.2) is 34.2 Å². The highest BCUT2D eigenvalue weighted by Gasteiger charge is 2.13. The third-order valence-electron chi connectivity index (χ3n) is 3.72. The Bertz CT molecular complexity index is 885. The minimum absolute atomic E-state index is 0.189.